The predicted molar refractivity (Wildman–Crippen MR) is 137 cm³/mol. The van der Waals surface area contributed by atoms with Crippen molar-refractivity contribution in [3.63, 3.8) is 0 Å². The van der Waals surface area contributed by atoms with Crippen molar-refractivity contribution >= 4 is 11.9 Å². The molecule has 1 amide bonds. The summed E-state index contributed by atoms with van der Waals surface area (Å²) < 4.78 is 16.4. The van der Waals surface area contributed by atoms with E-state index in [0.717, 1.165) is 66.7 Å². The first kappa shape index (κ1) is 25.0. The molecule has 194 valence electrons. The van der Waals surface area contributed by atoms with E-state index in [2.05, 4.69) is 14.9 Å². The Hall–Kier alpha value is -2.71. The lowest BCUT2D eigenvalue weighted by molar-refractivity contribution is -0.142. The molecule has 1 unspecified atom stereocenters. The number of benzene rings is 1. The molecular weight excluding hydrogens is 456 g/mol. The number of nitrogens with zero attached hydrogens (tertiary/aromatic N) is 4. The number of likely N-dealkylation sites (tertiary alicyclic amines) is 1. The Morgan fingerprint density at radius 3 is 2.42 bits per heavy atom. The van der Waals surface area contributed by atoms with Crippen molar-refractivity contribution in [1.82, 2.24) is 14.9 Å². The molecule has 3 fully saturated rings. The molecule has 1 saturated carbocycles. The van der Waals surface area contributed by atoms with Gasteiger partial charge in [0.25, 0.3) is 0 Å². The van der Waals surface area contributed by atoms with Gasteiger partial charge in [-0.05, 0) is 61.1 Å². The van der Waals surface area contributed by atoms with Gasteiger partial charge in [-0.2, -0.15) is 0 Å². The van der Waals surface area contributed by atoms with E-state index < -0.39 is 0 Å². The van der Waals surface area contributed by atoms with Gasteiger partial charge in [-0.1, -0.05) is 12.1 Å². The van der Waals surface area contributed by atoms with Crippen LogP contribution in [0.25, 0.3) is 0 Å². The van der Waals surface area contributed by atoms with Gasteiger partial charge < -0.3 is 24.0 Å². The fourth-order valence-corrected chi connectivity index (χ4v) is 5.57. The van der Waals surface area contributed by atoms with Crippen molar-refractivity contribution < 1.29 is 19.0 Å². The van der Waals surface area contributed by atoms with Gasteiger partial charge in [0.2, 0.25) is 11.9 Å². The Morgan fingerprint density at radius 1 is 1.03 bits per heavy atom. The number of anilines is 1. The van der Waals surface area contributed by atoms with Gasteiger partial charge in [-0.15, -0.1) is 0 Å². The SMILES string of the molecule is COCc1cnc(N2CCC(C3C[C@H]3CCOc3ccc(CC(=O)N4CC(OC)C4)cc3)CC2)nc1. The Balaban J connectivity index is 0.976. The summed E-state index contributed by atoms with van der Waals surface area (Å²) in [5.74, 6) is 4.32. The van der Waals surface area contributed by atoms with Crippen LogP contribution in [0.5, 0.6) is 5.75 Å². The minimum absolute atomic E-state index is 0.162. The molecule has 8 nitrogen and oxygen atoms in total. The Bertz CT molecular complexity index is 986. The molecule has 1 aliphatic carbocycles. The first-order valence-corrected chi connectivity index (χ1v) is 13.2. The molecule has 5 rings (SSSR count). The molecule has 1 aromatic heterocycles. The van der Waals surface area contributed by atoms with Crippen molar-refractivity contribution in [2.45, 2.75) is 44.8 Å². The maximum atomic E-state index is 12.3. The van der Waals surface area contributed by atoms with Crippen molar-refractivity contribution in [2.75, 3.05) is 51.9 Å². The highest BCUT2D eigenvalue weighted by atomic mass is 16.5. The fraction of sp³-hybridized carbons (Fsp3) is 0.607. The minimum atomic E-state index is 0.162. The molecule has 8 heteroatoms. The Labute approximate surface area is 214 Å². The smallest absolute Gasteiger partial charge is 0.227 e. The molecular formula is C28H38N4O4. The average Bonchev–Trinajstić information content (AvgIpc) is 3.65. The van der Waals surface area contributed by atoms with Crippen LogP contribution in [0, 0.1) is 17.8 Å². The second-order valence-corrected chi connectivity index (χ2v) is 10.4. The number of methoxy groups -OCH3 is 2. The zero-order chi connectivity index (χ0) is 24.9. The summed E-state index contributed by atoms with van der Waals surface area (Å²) in [5, 5.41) is 0. The zero-order valence-electron chi connectivity index (χ0n) is 21.5. The number of hydrogen-bond acceptors (Lipinski definition) is 7. The van der Waals surface area contributed by atoms with E-state index in [9.17, 15) is 4.79 Å². The number of hydrogen-bond donors (Lipinski definition) is 0. The molecule has 0 bridgehead atoms. The summed E-state index contributed by atoms with van der Waals surface area (Å²) in [6.07, 6.45) is 9.25. The van der Waals surface area contributed by atoms with Crippen molar-refractivity contribution in [3.05, 3.63) is 47.8 Å². The fourth-order valence-electron chi connectivity index (χ4n) is 5.57. The van der Waals surface area contributed by atoms with Gasteiger partial charge in [-0.3, -0.25) is 4.79 Å². The number of amides is 1. The summed E-state index contributed by atoms with van der Waals surface area (Å²) in [5.41, 5.74) is 2.03. The third-order valence-corrected chi connectivity index (χ3v) is 7.98. The first-order chi connectivity index (χ1) is 17.6. The third kappa shape index (κ3) is 6.16. The molecule has 2 saturated heterocycles. The Kier molecular flexibility index (Phi) is 8.02. The van der Waals surface area contributed by atoms with E-state index in [1.807, 2.05) is 41.6 Å². The molecule has 1 aromatic carbocycles. The lowest BCUT2D eigenvalue weighted by atomic mass is 9.90. The minimum Gasteiger partial charge on any atom is -0.494 e. The third-order valence-electron chi connectivity index (χ3n) is 7.98. The van der Waals surface area contributed by atoms with Gasteiger partial charge >= 0.3 is 0 Å². The van der Waals surface area contributed by atoms with E-state index in [1.54, 1.807) is 14.2 Å². The zero-order valence-corrected chi connectivity index (χ0v) is 21.5. The maximum absolute atomic E-state index is 12.3. The first-order valence-electron chi connectivity index (χ1n) is 13.2. The number of aromatic nitrogens is 2. The highest BCUT2D eigenvalue weighted by Gasteiger charge is 2.43. The second-order valence-electron chi connectivity index (χ2n) is 10.4. The second kappa shape index (κ2) is 11.6. The molecule has 2 aliphatic heterocycles. The largest absolute Gasteiger partial charge is 0.494 e. The summed E-state index contributed by atoms with van der Waals surface area (Å²) in [7, 11) is 3.38. The van der Waals surface area contributed by atoms with Crippen LogP contribution >= 0.6 is 0 Å². The van der Waals surface area contributed by atoms with Crippen LogP contribution in [0.3, 0.4) is 0 Å². The standard InChI is InChI=1S/C28H38N4O4/c1-34-19-21-15-29-28(30-16-21)31-10-7-22(8-11-31)26-14-23(26)9-12-36-24-5-3-20(4-6-24)13-27(33)32-17-25(18-32)35-2/h3-6,15-16,22-23,25-26H,7-14,17-19H2,1-2H3/t23-,26?/m1/s1. The number of carbonyl (C=O) groups excluding carboxylic acids is 1. The monoisotopic (exact) mass is 494 g/mol. The summed E-state index contributed by atoms with van der Waals surface area (Å²) in [6, 6.07) is 7.98. The van der Waals surface area contributed by atoms with Gasteiger partial charge in [0.15, 0.2) is 0 Å². The molecule has 36 heavy (non-hydrogen) atoms. The number of piperidine rings is 1. The van der Waals surface area contributed by atoms with E-state index in [0.29, 0.717) is 26.1 Å². The molecule has 0 N–H and O–H groups in total. The van der Waals surface area contributed by atoms with Gasteiger partial charge in [0.05, 0.1) is 25.7 Å². The number of ether oxygens (including phenoxy) is 3. The Morgan fingerprint density at radius 2 is 1.75 bits per heavy atom. The van der Waals surface area contributed by atoms with Crippen molar-refractivity contribution in [3.8, 4) is 5.75 Å². The molecule has 3 aliphatic rings. The lowest BCUT2D eigenvalue weighted by Gasteiger charge is -2.38. The molecule has 0 spiro atoms. The normalized spacial score (nSPS) is 22.4. The number of rotatable bonds is 11. The van der Waals surface area contributed by atoms with Crippen LogP contribution in [0.4, 0.5) is 5.95 Å². The summed E-state index contributed by atoms with van der Waals surface area (Å²) in [4.78, 5) is 25.5. The van der Waals surface area contributed by atoms with Crippen LogP contribution < -0.4 is 9.64 Å². The molecule has 2 atom stereocenters. The lowest BCUT2D eigenvalue weighted by Crippen LogP contribution is -2.54. The molecule has 3 heterocycles. The van der Waals surface area contributed by atoms with Crippen LogP contribution in [-0.4, -0.2) is 73.9 Å². The number of carbonyl (C=O) groups is 1. The van der Waals surface area contributed by atoms with E-state index in [1.165, 1.54) is 19.3 Å². The predicted octanol–water partition coefficient (Wildman–Crippen LogP) is 3.34. The average molecular weight is 495 g/mol. The van der Waals surface area contributed by atoms with Crippen LogP contribution in [0.15, 0.2) is 36.7 Å². The van der Waals surface area contributed by atoms with Gasteiger partial charge in [-0.25, -0.2) is 9.97 Å². The van der Waals surface area contributed by atoms with E-state index in [4.69, 9.17) is 14.2 Å². The molecule has 0 radical (unpaired) electrons. The van der Waals surface area contributed by atoms with Crippen molar-refractivity contribution in [1.29, 1.82) is 0 Å². The van der Waals surface area contributed by atoms with Crippen LogP contribution in [0.1, 0.15) is 36.8 Å². The summed E-state index contributed by atoms with van der Waals surface area (Å²) in [6.45, 7) is 4.79. The van der Waals surface area contributed by atoms with Gasteiger partial charge in [0.1, 0.15) is 5.75 Å². The quantitative estimate of drug-likeness (QED) is 0.474. The van der Waals surface area contributed by atoms with E-state index in [-0.39, 0.29) is 12.0 Å². The van der Waals surface area contributed by atoms with Crippen LogP contribution in [0.2, 0.25) is 0 Å². The highest BCUT2D eigenvalue weighted by Crippen LogP contribution is 2.49. The highest BCUT2D eigenvalue weighted by molar-refractivity contribution is 5.79. The van der Waals surface area contributed by atoms with Gasteiger partial charge in [0, 0.05) is 58.4 Å². The molecule has 2 aromatic rings. The van der Waals surface area contributed by atoms with Crippen LogP contribution in [-0.2, 0) is 27.3 Å². The maximum Gasteiger partial charge on any atom is 0.227 e. The summed E-state index contributed by atoms with van der Waals surface area (Å²) >= 11 is 0. The topological polar surface area (TPSA) is 77.0 Å². The van der Waals surface area contributed by atoms with E-state index >= 15 is 0 Å². The van der Waals surface area contributed by atoms with Crippen molar-refractivity contribution in [2.24, 2.45) is 17.8 Å².